The number of carbonyl (C=O) groups is 2. The third-order valence-electron chi connectivity index (χ3n) is 5.50. The molecule has 1 heterocycles. The Hall–Kier alpha value is -3.65. The van der Waals surface area contributed by atoms with E-state index in [1.54, 1.807) is 19.2 Å². The van der Waals surface area contributed by atoms with Crippen LogP contribution in [0.1, 0.15) is 28.1 Å². The van der Waals surface area contributed by atoms with Crippen LogP contribution in [0.25, 0.3) is 6.08 Å². The minimum Gasteiger partial charge on any atom is -0.494 e. The standard InChI is InChI=1S/C26H27ClFN3O4/c1-17-21(18(2)31(29-17)15-20-7-5-6-8-22(20)27)10-12-26(33)35-16-25(32)30(3)14-19-9-11-24(34-4)23(28)13-19/h5-13H,14-16H2,1-4H3/b12-10+. The third-order valence-corrected chi connectivity index (χ3v) is 5.87. The monoisotopic (exact) mass is 499 g/mol. The fourth-order valence-electron chi connectivity index (χ4n) is 3.51. The van der Waals surface area contributed by atoms with Gasteiger partial charge in [0, 0.05) is 35.9 Å². The number of ether oxygens (including phenoxy) is 2. The molecule has 0 fully saturated rings. The molecule has 9 heteroatoms. The molecule has 0 N–H and O–H groups in total. The molecule has 2 aromatic carbocycles. The molecular formula is C26H27ClFN3O4. The van der Waals surface area contributed by atoms with Crippen molar-refractivity contribution in [3.8, 4) is 5.75 Å². The third kappa shape index (κ3) is 6.70. The SMILES string of the molecule is COc1ccc(CN(C)C(=O)COC(=O)/C=C/c2c(C)nn(Cc3ccccc3Cl)c2C)cc1F. The summed E-state index contributed by atoms with van der Waals surface area (Å²) in [6.07, 6.45) is 2.89. The molecule has 0 unspecified atom stereocenters. The number of benzene rings is 2. The van der Waals surface area contributed by atoms with Gasteiger partial charge in [0.1, 0.15) is 0 Å². The number of hydrogen-bond donors (Lipinski definition) is 0. The van der Waals surface area contributed by atoms with Crippen LogP contribution in [0.15, 0.2) is 48.5 Å². The summed E-state index contributed by atoms with van der Waals surface area (Å²) >= 11 is 6.25. The number of aryl methyl sites for hydroxylation is 1. The first-order chi connectivity index (χ1) is 16.7. The summed E-state index contributed by atoms with van der Waals surface area (Å²) < 4.78 is 25.6. The van der Waals surface area contributed by atoms with Gasteiger partial charge >= 0.3 is 5.97 Å². The minimum absolute atomic E-state index is 0.128. The summed E-state index contributed by atoms with van der Waals surface area (Å²) in [5, 5.41) is 5.20. The smallest absolute Gasteiger partial charge is 0.331 e. The molecule has 184 valence electrons. The van der Waals surface area contributed by atoms with Crippen molar-refractivity contribution < 1.29 is 23.5 Å². The second-order valence-corrected chi connectivity index (χ2v) is 8.40. The van der Waals surface area contributed by atoms with Crippen molar-refractivity contribution >= 4 is 29.6 Å². The Morgan fingerprint density at radius 3 is 2.63 bits per heavy atom. The Morgan fingerprint density at radius 2 is 1.94 bits per heavy atom. The van der Waals surface area contributed by atoms with Gasteiger partial charge in [0.05, 0.1) is 19.3 Å². The summed E-state index contributed by atoms with van der Waals surface area (Å²) in [5.41, 5.74) is 3.94. The van der Waals surface area contributed by atoms with Crippen molar-refractivity contribution in [2.75, 3.05) is 20.8 Å². The topological polar surface area (TPSA) is 73.7 Å². The summed E-state index contributed by atoms with van der Waals surface area (Å²) in [7, 11) is 2.93. The zero-order chi connectivity index (χ0) is 25.5. The number of hydrogen-bond acceptors (Lipinski definition) is 5. The maximum atomic E-state index is 13.8. The Kier molecular flexibility index (Phi) is 8.65. The average Bonchev–Trinajstić information content (AvgIpc) is 3.09. The number of rotatable bonds is 9. The van der Waals surface area contributed by atoms with Crippen molar-refractivity contribution in [2.24, 2.45) is 0 Å². The Labute approximate surface area is 208 Å². The maximum Gasteiger partial charge on any atom is 0.331 e. The molecule has 0 radical (unpaired) electrons. The van der Waals surface area contributed by atoms with Crippen LogP contribution in [0.2, 0.25) is 5.02 Å². The molecule has 0 aliphatic carbocycles. The number of nitrogens with zero attached hydrogens (tertiary/aromatic N) is 3. The van der Waals surface area contributed by atoms with Gasteiger partial charge in [-0.2, -0.15) is 5.10 Å². The quantitative estimate of drug-likeness (QED) is 0.318. The molecule has 1 amide bonds. The number of carbonyl (C=O) groups excluding carboxylic acids is 2. The summed E-state index contributed by atoms with van der Waals surface area (Å²) in [5.74, 6) is -1.45. The first kappa shape index (κ1) is 26.0. The fraction of sp³-hybridized carbons (Fsp3) is 0.269. The summed E-state index contributed by atoms with van der Waals surface area (Å²) in [4.78, 5) is 25.9. The lowest BCUT2D eigenvalue weighted by atomic mass is 10.1. The second-order valence-electron chi connectivity index (χ2n) is 7.99. The summed E-state index contributed by atoms with van der Waals surface area (Å²) in [6, 6.07) is 12.0. The molecular weight excluding hydrogens is 473 g/mol. The molecule has 0 aliphatic rings. The van der Waals surface area contributed by atoms with E-state index in [0.717, 1.165) is 22.5 Å². The van der Waals surface area contributed by atoms with E-state index in [0.29, 0.717) is 17.1 Å². The molecule has 3 aromatic rings. The predicted octanol–water partition coefficient (Wildman–Crippen LogP) is 4.56. The number of likely N-dealkylation sites (N-methyl/N-ethyl adjacent to an activating group) is 1. The van der Waals surface area contributed by atoms with Gasteiger partial charge < -0.3 is 14.4 Å². The van der Waals surface area contributed by atoms with Gasteiger partial charge in [0.2, 0.25) is 0 Å². The largest absolute Gasteiger partial charge is 0.494 e. The number of halogens is 2. The normalized spacial score (nSPS) is 11.0. The van der Waals surface area contributed by atoms with E-state index in [1.807, 2.05) is 42.8 Å². The van der Waals surface area contributed by atoms with Gasteiger partial charge in [-0.05, 0) is 49.2 Å². The zero-order valence-electron chi connectivity index (χ0n) is 20.0. The van der Waals surface area contributed by atoms with Crippen LogP contribution in [0.3, 0.4) is 0 Å². The predicted molar refractivity (Wildman–Crippen MR) is 132 cm³/mol. The van der Waals surface area contributed by atoms with Crippen LogP contribution in [0, 0.1) is 19.7 Å². The highest BCUT2D eigenvalue weighted by molar-refractivity contribution is 6.31. The van der Waals surface area contributed by atoms with Gasteiger partial charge in [-0.25, -0.2) is 9.18 Å². The van der Waals surface area contributed by atoms with Gasteiger partial charge in [-0.3, -0.25) is 9.48 Å². The lowest BCUT2D eigenvalue weighted by Crippen LogP contribution is -2.30. The maximum absolute atomic E-state index is 13.8. The first-order valence-electron chi connectivity index (χ1n) is 10.9. The lowest BCUT2D eigenvalue weighted by molar-refractivity contribution is -0.147. The highest BCUT2D eigenvalue weighted by Crippen LogP contribution is 2.21. The van der Waals surface area contributed by atoms with E-state index in [-0.39, 0.29) is 12.3 Å². The van der Waals surface area contributed by atoms with E-state index < -0.39 is 24.3 Å². The van der Waals surface area contributed by atoms with Gasteiger partial charge in [0.15, 0.2) is 18.2 Å². The van der Waals surface area contributed by atoms with Crippen molar-refractivity contribution in [1.82, 2.24) is 14.7 Å². The van der Waals surface area contributed by atoms with Crippen molar-refractivity contribution in [3.63, 3.8) is 0 Å². The number of amides is 1. The minimum atomic E-state index is -0.653. The highest BCUT2D eigenvalue weighted by atomic mass is 35.5. The van der Waals surface area contributed by atoms with Crippen LogP contribution >= 0.6 is 11.6 Å². The molecule has 0 spiro atoms. The van der Waals surface area contributed by atoms with E-state index >= 15 is 0 Å². The van der Waals surface area contributed by atoms with Crippen LogP contribution in [0.4, 0.5) is 4.39 Å². The van der Waals surface area contributed by atoms with Crippen molar-refractivity contribution in [1.29, 1.82) is 0 Å². The van der Waals surface area contributed by atoms with E-state index in [2.05, 4.69) is 5.10 Å². The van der Waals surface area contributed by atoms with Crippen LogP contribution in [0.5, 0.6) is 5.75 Å². The van der Waals surface area contributed by atoms with Crippen LogP contribution < -0.4 is 4.74 Å². The van der Waals surface area contributed by atoms with Crippen LogP contribution in [-0.2, 0) is 27.4 Å². The Morgan fingerprint density at radius 1 is 1.20 bits per heavy atom. The average molecular weight is 500 g/mol. The molecule has 0 aliphatic heterocycles. The summed E-state index contributed by atoms with van der Waals surface area (Å²) in [6.45, 7) is 3.99. The number of methoxy groups -OCH3 is 1. The second kappa shape index (κ2) is 11.7. The molecule has 35 heavy (non-hydrogen) atoms. The highest BCUT2D eigenvalue weighted by Gasteiger charge is 2.14. The van der Waals surface area contributed by atoms with E-state index in [1.165, 1.54) is 30.2 Å². The van der Waals surface area contributed by atoms with Gasteiger partial charge in [-0.1, -0.05) is 35.9 Å². The van der Waals surface area contributed by atoms with Crippen molar-refractivity contribution in [3.05, 3.63) is 87.5 Å². The Bertz CT molecular complexity index is 1260. The zero-order valence-corrected chi connectivity index (χ0v) is 20.8. The molecule has 1 aromatic heterocycles. The molecule has 0 saturated carbocycles. The molecule has 7 nitrogen and oxygen atoms in total. The number of aromatic nitrogens is 2. The lowest BCUT2D eigenvalue weighted by Gasteiger charge is -2.17. The van der Waals surface area contributed by atoms with Crippen LogP contribution in [-0.4, -0.2) is 47.3 Å². The van der Waals surface area contributed by atoms with Gasteiger partial charge in [0.25, 0.3) is 5.91 Å². The Balaban J connectivity index is 1.55. The van der Waals surface area contributed by atoms with Crippen molar-refractivity contribution in [2.45, 2.75) is 26.9 Å². The molecule has 0 bridgehead atoms. The van der Waals surface area contributed by atoms with Gasteiger partial charge in [-0.15, -0.1) is 0 Å². The molecule has 0 atom stereocenters. The molecule has 3 rings (SSSR count). The first-order valence-corrected chi connectivity index (χ1v) is 11.3. The molecule has 0 saturated heterocycles. The fourth-order valence-corrected chi connectivity index (χ4v) is 3.70. The number of esters is 1. The van der Waals surface area contributed by atoms with E-state index in [4.69, 9.17) is 21.1 Å². The van der Waals surface area contributed by atoms with E-state index in [9.17, 15) is 14.0 Å².